The highest BCUT2D eigenvalue weighted by Gasteiger charge is 2.38. The van der Waals surface area contributed by atoms with Crippen LogP contribution in [0.15, 0.2) is 18.2 Å². The van der Waals surface area contributed by atoms with E-state index >= 15 is 0 Å². The summed E-state index contributed by atoms with van der Waals surface area (Å²) in [6, 6.07) is 4.73. The molecule has 1 fully saturated rings. The van der Waals surface area contributed by atoms with Crippen LogP contribution in [0.4, 0.5) is 0 Å². The van der Waals surface area contributed by atoms with Crippen LogP contribution in [0.5, 0.6) is 11.5 Å². The van der Waals surface area contributed by atoms with E-state index in [-0.39, 0.29) is 23.7 Å². The highest BCUT2D eigenvalue weighted by Crippen LogP contribution is 2.33. The Morgan fingerprint density at radius 1 is 1.30 bits per heavy atom. The number of hydrogen-bond acceptors (Lipinski definition) is 5. The number of carbonyl (C=O) groups is 1. The van der Waals surface area contributed by atoms with Crippen LogP contribution in [0.3, 0.4) is 0 Å². The lowest BCUT2D eigenvalue weighted by atomic mass is 10.1. The molecule has 0 aromatic heterocycles. The zero-order chi connectivity index (χ0) is 17.2. The first-order valence-electron chi connectivity index (χ1n) is 7.49. The number of methoxy groups -OCH3 is 2. The largest absolute Gasteiger partial charge is 0.497 e. The predicted molar refractivity (Wildman–Crippen MR) is 87.9 cm³/mol. The minimum Gasteiger partial charge on any atom is -0.497 e. The fourth-order valence-electron chi connectivity index (χ4n) is 2.72. The lowest BCUT2D eigenvalue weighted by molar-refractivity contribution is 0.0689. The Balaban J connectivity index is 2.35. The molecule has 0 saturated heterocycles. The molecule has 1 aromatic rings. The summed E-state index contributed by atoms with van der Waals surface area (Å²) >= 11 is 0. The molecule has 1 amide bonds. The predicted octanol–water partition coefficient (Wildman–Crippen LogP) is 1.74. The SMILES string of the molecule is COc1ccc(OC)c(C(=O)N(C2CC2)[C@@H](C)CS(C)(=O)=O)c1. The van der Waals surface area contributed by atoms with Gasteiger partial charge in [-0.1, -0.05) is 0 Å². The average molecular weight is 341 g/mol. The molecule has 1 saturated carbocycles. The molecule has 0 heterocycles. The monoisotopic (exact) mass is 341 g/mol. The van der Waals surface area contributed by atoms with Gasteiger partial charge in [0, 0.05) is 18.3 Å². The first-order chi connectivity index (χ1) is 10.8. The minimum atomic E-state index is -3.17. The van der Waals surface area contributed by atoms with Crippen LogP contribution in [0, 0.1) is 0 Å². The van der Waals surface area contributed by atoms with E-state index in [0.29, 0.717) is 17.1 Å². The van der Waals surface area contributed by atoms with Crippen molar-refractivity contribution < 1.29 is 22.7 Å². The van der Waals surface area contributed by atoms with Gasteiger partial charge < -0.3 is 14.4 Å². The standard InChI is InChI=1S/C16H23NO5S/c1-11(10-23(4,19)20)17(12-5-6-12)16(18)14-9-13(21-2)7-8-15(14)22-3/h7-9,11-12H,5-6,10H2,1-4H3/t11-/m0/s1. The molecule has 7 heteroatoms. The van der Waals surface area contributed by atoms with E-state index in [4.69, 9.17) is 9.47 Å². The molecule has 0 aliphatic heterocycles. The Hall–Kier alpha value is -1.76. The van der Waals surface area contributed by atoms with Gasteiger partial charge in [0.25, 0.3) is 5.91 Å². The smallest absolute Gasteiger partial charge is 0.258 e. The number of sulfone groups is 1. The van der Waals surface area contributed by atoms with E-state index in [2.05, 4.69) is 0 Å². The maximum absolute atomic E-state index is 13.0. The van der Waals surface area contributed by atoms with E-state index in [1.54, 1.807) is 30.0 Å². The molecular weight excluding hydrogens is 318 g/mol. The summed E-state index contributed by atoms with van der Waals surface area (Å²) in [5, 5.41) is 0. The fraction of sp³-hybridized carbons (Fsp3) is 0.562. The van der Waals surface area contributed by atoms with Gasteiger partial charge in [-0.25, -0.2) is 8.42 Å². The summed E-state index contributed by atoms with van der Waals surface area (Å²) in [5.41, 5.74) is 0.388. The number of ether oxygens (including phenoxy) is 2. The third-order valence-electron chi connectivity index (χ3n) is 3.83. The van der Waals surface area contributed by atoms with Gasteiger partial charge in [0.05, 0.1) is 25.5 Å². The molecule has 1 aliphatic rings. The summed E-state index contributed by atoms with van der Waals surface area (Å²) in [5.74, 6) is 0.731. The van der Waals surface area contributed by atoms with Crippen molar-refractivity contribution in [2.45, 2.75) is 31.8 Å². The van der Waals surface area contributed by atoms with Crippen LogP contribution in [0.25, 0.3) is 0 Å². The summed E-state index contributed by atoms with van der Waals surface area (Å²) in [7, 11) is -0.139. The van der Waals surface area contributed by atoms with Crippen molar-refractivity contribution in [2.75, 3.05) is 26.2 Å². The van der Waals surface area contributed by atoms with Gasteiger partial charge in [0.1, 0.15) is 21.3 Å². The molecule has 0 spiro atoms. The normalized spacial score (nSPS) is 15.8. The number of carbonyl (C=O) groups excluding carboxylic acids is 1. The van der Waals surface area contributed by atoms with Gasteiger partial charge in [-0.3, -0.25) is 4.79 Å². The molecule has 1 atom stereocenters. The Bertz CT molecular complexity index is 682. The van der Waals surface area contributed by atoms with Gasteiger partial charge in [-0.15, -0.1) is 0 Å². The first kappa shape index (κ1) is 17.6. The van der Waals surface area contributed by atoms with Crippen LogP contribution in [-0.4, -0.2) is 57.5 Å². The number of hydrogen-bond donors (Lipinski definition) is 0. The van der Waals surface area contributed by atoms with Crippen molar-refractivity contribution in [3.8, 4) is 11.5 Å². The van der Waals surface area contributed by atoms with Gasteiger partial charge >= 0.3 is 0 Å². The second-order valence-corrected chi connectivity index (χ2v) is 8.14. The Morgan fingerprint density at radius 2 is 1.96 bits per heavy atom. The number of amides is 1. The molecule has 1 aliphatic carbocycles. The Labute approximate surface area is 137 Å². The Kier molecular flexibility index (Phi) is 5.19. The molecule has 0 bridgehead atoms. The van der Waals surface area contributed by atoms with E-state index in [9.17, 15) is 13.2 Å². The van der Waals surface area contributed by atoms with E-state index in [1.165, 1.54) is 20.5 Å². The molecule has 0 N–H and O–H groups in total. The summed E-state index contributed by atoms with van der Waals surface area (Å²) in [4.78, 5) is 14.7. The molecule has 128 valence electrons. The topological polar surface area (TPSA) is 72.9 Å². The fourth-order valence-corrected chi connectivity index (χ4v) is 3.75. The zero-order valence-corrected chi connectivity index (χ0v) is 14.7. The quantitative estimate of drug-likeness (QED) is 0.755. The minimum absolute atomic E-state index is 0.0540. The lowest BCUT2D eigenvalue weighted by Gasteiger charge is -2.29. The Morgan fingerprint density at radius 3 is 2.43 bits per heavy atom. The third kappa shape index (κ3) is 4.37. The van der Waals surface area contributed by atoms with Crippen LogP contribution in [0.2, 0.25) is 0 Å². The van der Waals surface area contributed by atoms with Crippen LogP contribution >= 0.6 is 0 Å². The zero-order valence-electron chi connectivity index (χ0n) is 13.9. The third-order valence-corrected chi connectivity index (χ3v) is 4.92. The van der Waals surface area contributed by atoms with Gasteiger partial charge in [-0.05, 0) is 38.0 Å². The van der Waals surface area contributed by atoms with Crippen molar-refractivity contribution in [1.82, 2.24) is 4.90 Å². The maximum Gasteiger partial charge on any atom is 0.258 e. The van der Waals surface area contributed by atoms with Gasteiger partial charge in [0.2, 0.25) is 0 Å². The molecular formula is C16H23NO5S. The van der Waals surface area contributed by atoms with Crippen LogP contribution in [0.1, 0.15) is 30.1 Å². The summed E-state index contributed by atoms with van der Waals surface area (Å²) in [6.07, 6.45) is 2.98. The van der Waals surface area contributed by atoms with E-state index < -0.39 is 9.84 Å². The maximum atomic E-state index is 13.0. The number of benzene rings is 1. The highest BCUT2D eigenvalue weighted by atomic mass is 32.2. The molecule has 23 heavy (non-hydrogen) atoms. The molecule has 6 nitrogen and oxygen atoms in total. The van der Waals surface area contributed by atoms with E-state index in [1.807, 2.05) is 0 Å². The molecule has 2 rings (SSSR count). The lowest BCUT2D eigenvalue weighted by Crippen LogP contribution is -2.43. The highest BCUT2D eigenvalue weighted by molar-refractivity contribution is 7.90. The van der Waals surface area contributed by atoms with Crippen molar-refractivity contribution in [3.63, 3.8) is 0 Å². The first-order valence-corrected chi connectivity index (χ1v) is 9.55. The van der Waals surface area contributed by atoms with Crippen LogP contribution < -0.4 is 9.47 Å². The van der Waals surface area contributed by atoms with Gasteiger partial charge in [0.15, 0.2) is 0 Å². The molecule has 0 unspecified atom stereocenters. The number of nitrogens with zero attached hydrogens (tertiary/aromatic N) is 1. The van der Waals surface area contributed by atoms with Crippen molar-refractivity contribution in [2.24, 2.45) is 0 Å². The number of rotatable bonds is 7. The van der Waals surface area contributed by atoms with E-state index in [0.717, 1.165) is 12.8 Å². The van der Waals surface area contributed by atoms with Gasteiger partial charge in [-0.2, -0.15) is 0 Å². The van der Waals surface area contributed by atoms with Crippen molar-refractivity contribution in [1.29, 1.82) is 0 Å². The second kappa shape index (κ2) is 6.78. The van der Waals surface area contributed by atoms with Crippen LogP contribution in [-0.2, 0) is 9.84 Å². The second-order valence-electron chi connectivity index (χ2n) is 5.95. The molecule has 1 aromatic carbocycles. The molecule has 0 radical (unpaired) electrons. The van der Waals surface area contributed by atoms with Crippen molar-refractivity contribution >= 4 is 15.7 Å². The summed E-state index contributed by atoms with van der Waals surface area (Å²) < 4.78 is 33.6. The average Bonchev–Trinajstić information content (AvgIpc) is 3.29. The van der Waals surface area contributed by atoms with Crippen molar-refractivity contribution in [3.05, 3.63) is 23.8 Å². The summed E-state index contributed by atoms with van der Waals surface area (Å²) in [6.45, 7) is 1.77.